The highest BCUT2D eigenvalue weighted by Gasteiger charge is 2.30. The molecule has 0 bridgehead atoms. The van der Waals surface area contributed by atoms with Crippen molar-refractivity contribution in [3.8, 4) is 0 Å². The van der Waals surface area contributed by atoms with Gasteiger partial charge in [0.25, 0.3) is 5.91 Å². The van der Waals surface area contributed by atoms with E-state index in [0.29, 0.717) is 25.3 Å². The number of piperidine rings is 1. The van der Waals surface area contributed by atoms with Crippen molar-refractivity contribution in [2.75, 3.05) is 6.54 Å². The lowest BCUT2D eigenvalue weighted by molar-refractivity contribution is -0.136. The molecular formula is C17H19N3O3. The van der Waals surface area contributed by atoms with Crippen molar-refractivity contribution in [1.29, 1.82) is 0 Å². The highest BCUT2D eigenvalue weighted by Crippen LogP contribution is 2.16. The third kappa shape index (κ3) is 3.41. The van der Waals surface area contributed by atoms with Crippen LogP contribution in [0.1, 0.15) is 34.7 Å². The zero-order chi connectivity index (χ0) is 16.2. The van der Waals surface area contributed by atoms with E-state index >= 15 is 0 Å². The van der Waals surface area contributed by atoms with Crippen LogP contribution in [0.25, 0.3) is 0 Å². The third-order valence-electron chi connectivity index (χ3n) is 4.01. The molecule has 1 aromatic heterocycles. The van der Waals surface area contributed by atoms with Gasteiger partial charge >= 0.3 is 0 Å². The van der Waals surface area contributed by atoms with Gasteiger partial charge in [0.05, 0.1) is 0 Å². The highest BCUT2D eigenvalue weighted by molar-refractivity contribution is 5.96. The summed E-state index contributed by atoms with van der Waals surface area (Å²) in [6, 6.07) is 9.34. The Morgan fingerprint density at radius 1 is 1.39 bits per heavy atom. The number of hydrogen-bond donors (Lipinski definition) is 1. The first kappa shape index (κ1) is 15.3. The topological polar surface area (TPSA) is 75.4 Å². The van der Waals surface area contributed by atoms with Gasteiger partial charge in [0, 0.05) is 13.1 Å². The molecule has 0 saturated carbocycles. The number of amides is 2. The molecule has 6 nitrogen and oxygen atoms in total. The molecule has 1 aromatic carbocycles. The van der Waals surface area contributed by atoms with E-state index in [-0.39, 0.29) is 17.5 Å². The van der Waals surface area contributed by atoms with E-state index in [4.69, 9.17) is 4.42 Å². The average Bonchev–Trinajstić information content (AvgIpc) is 2.98. The number of benzene rings is 1. The monoisotopic (exact) mass is 313 g/mol. The molecule has 1 unspecified atom stereocenters. The van der Waals surface area contributed by atoms with Crippen LogP contribution < -0.4 is 5.32 Å². The summed E-state index contributed by atoms with van der Waals surface area (Å²) in [5, 5.41) is 2.77. The van der Waals surface area contributed by atoms with E-state index in [0.717, 1.165) is 12.0 Å². The van der Waals surface area contributed by atoms with Gasteiger partial charge in [0.2, 0.25) is 5.91 Å². The normalized spacial score (nSPS) is 18.0. The number of aromatic nitrogens is 1. The number of rotatable bonds is 4. The molecule has 0 radical (unpaired) electrons. The second kappa shape index (κ2) is 6.64. The molecule has 2 amide bonds. The Balaban J connectivity index is 1.65. The summed E-state index contributed by atoms with van der Waals surface area (Å²) in [5.74, 6) is 0.0395. The molecule has 6 heteroatoms. The quantitative estimate of drug-likeness (QED) is 0.935. The molecule has 0 aliphatic carbocycles. The highest BCUT2D eigenvalue weighted by atomic mass is 16.3. The van der Waals surface area contributed by atoms with Gasteiger partial charge in [-0.05, 0) is 25.3 Å². The molecular weight excluding hydrogens is 294 g/mol. The van der Waals surface area contributed by atoms with E-state index in [2.05, 4.69) is 10.3 Å². The van der Waals surface area contributed by atoms with Crippen LogP contribution in [0.3, 0.4) is 0 Å². The Morgan fingerprint density at radius 3 is 2.87 bits per heavy atom. The van der Waals surface area contributed by atoms with Crippen molar-refractivity contribution < 1.29 is 14.0 Å². The van der Waals surface area contributed by atoms with Gasteiger partial charge in [-0.15, -0.1) is 0 Å². The summed E-state index contributed by atoms with van der Waals surface area (Å²) in [7, 11) is 0. The van der Waals surface area contributed by atoms with Gasteiger partial charge in [-0.1, -0.05) is 30.3 Å². The smallest absolute Gasteiger partial charge is 0.274 e. The van der Waals surface area contributed by atoms with Crippen LogP contribution >= 0.6 is 0 Å². The molecule has 2 aromatic rings. The van der Waals surface area contributed by atoms with E-state index < -0.39 is 6.04 Å². The fourth-order valence-corrected chi connectivity index (χ4v) is 2.78. The first-order valence-electron chi connectivity index (χ1n) is 7.69. The second-order valence-corrected chi connectivity index (χ2v) is 5.67. The van der Waals surface area contributed by atoms with Crippen molar-refractivity contribution in [2.45, 2.75) is 32.4 Å². The molecule has 1 fully saturated rings. The number of oxazole rings is 1. The predicted molar refractivity (Wildman–Crippen MR) is 83.6 cm³/mol. The maximum absolute atomic E-state index is 12.6. The number of hydrogen-bond acceptors (Lipinski definition) is 4. The van der Waals surface area contributed by atoms with Crippen molar-refractivity contribution in [2.24, 2.45) is 0 Å². The van der Waals surface area contributed by atoms with Crippen LogP contribution in [0.5, 0.6) is 0 Å². The molecule has 120 valence electrons. The summed E-state index contributed by atoms with van der Waals surface area (Å²) in [6.07, 6.45) is 2.74. The van der Waals surface area contributed by atoms with Gasteiger partial charge in [-0.25, -0.2) is 4.98 Å². The Labute approximate surface area is 134 Å². The first-order valence-corrected chi connectivity index (χ1v) is 7.69. The Kier molecular flexibility index (Phi) is 4.41. The van der Waals surface area contributed by atoms with E-state index in [9.17, 15) is 9.59 Å². The van der Waals surface area contributed by atoms with Gasteiger partial charge in [0.15, 0.2) is 12.1 Å². The minimum absolute atomic E-state index is 0.0467. The van der Waals surface area contributed by atoms with E-state index in [1.54, 1.807) is 11.8 Å². The van der Waals surface area contributed by atoms with Gasteiger partial charge in [0.1, 0.15) is 11.8 Å². The lowest BCUT2D eigenvalue weighted by atomic mass is 10.0. The Hall–Kier alpha value is -2.63. The summed E-state index contributed by atoms with van der Waals surface area (Å²) >= 11 is 0. The van der Waals surface area contributed by atoms with Crippen LogP contribution in [-0.2, 0) is 11.3 Å². The molecule has 1 atom stereocenters. The van der Waals surface area contributed by atoms with E-state index in [1.165, 1.54) is 6.39 Å². The molecule has 1 aliphatic rings. The first-order chi connectivity index (χ1) is 11.1. The summed E-state index contributed by atoms with van der Waals surface area (Å²) in [5.41, 5.74) is 1.32. The molecule has 2 heterocycles. The van der Waals surface area contributed by atoms with Gasteiger partial charge in [-0.2, -0.15) is 0 Å². The number of aryl methyl sites for hydroxylation is 1. The summed E-state index contributed by atoms with van der Waals surface area (Å²) in [4.78, 5) is 30.5. The van der Waals surface area contributed by atoms with Gasteiger partial charge in [-0.3, -0.25) is 9.59 Å². The fraction of sp³-hybridized carbons (Fsp3) is 0.353. The largest absolute Gasteiger partial charge is 0.448 e. The number of nitrogens with one attached hydrogen (secondary N) is 1. The van der Waals surface area contributed by atoms with Crippen molar-refractivity contribution in [1.82, 2.24) is 15.2 Å². The minimum Gasteiger partial charge on any atom is -0.448 e. The lowest BCUT2D eigenvalue weighted by Crippen LogP contribution is -2.52. The van der Waals surface area contributed by atoms with Crippen LogP contribution in [0, 0.1) is 6.92 Å². The van der Waals surface area contributed by atoms with E-state index in [1.807, 2.05) is 30.3 Å². The number of carbonyl (C=O) groups excluding carboxylic acids is 2. The second-order valence-electron chi connectivity index (χ2n) is 5.67. The van der Waals surface area contributed by atoms with Crippen LogP contribution in [0.2, 0.25) is 0 Å². The SMILES string of the molecule is Cc1ocnc1C(=O)NC1CCCN(Cc2ccccc2)C1=O. The molecule has 3 rings (SSSR count). The third-order valence-corrected chi connectivity index (χ3v) is 4.01. The van der Waals surface area contributed by atoms with Crippen molar-refractivity contribution in [3.63, 3.8) is 0 Å². The van der Waals surface area contributed by atoms with Crippen LogP contribution in [0.4, 0.5) is 0 Å². The van der Waals surface area contributed by atoms with Crippen molar-refractivity contribution in [3.05, 3.63) is 53.7 Å². The zero-order valence-corrected chi connectivity index (χ0v) is 13.0. The van der Waals surface area contributed by atoms with Crippen molar-refractivity contribution >= 4 is 11.8 Å². The zero-order valence-electron chi connectivity index (χ0n) is 13.0. The van der Waals surface area contributed by atoms with Gasteiger partial charge < -0.3 is 14.6 Å². The molecule has 23 heavy (non-hydrogen) atoms. The number of carbonyl (C=O) groups is 2. The molecule has 1 N–H and O–H groups in total. The maximum Gasteiger partial charge on any atom is 0.274 e. The fourth-order valence-electron chi connectivity index (χ4n) is 2.78. The summed E-state index contributed by atoms with van der Waals surface area (Å²) < 4.78 is 5.03. The predicted octanol–water partition coefficient (Wildman–Crippen LogP) is 1.90. The summed E-state index contributed by atoms with van der Waals surface area (Å²) in [6.45, 7) is 2.95. The number of nitrogens with zero attached hydrogens (tertiary/aromatic N) is 2. The molecule has 1 aliphatic heterocycles. The average molecular weight is 313 g/mol. The van der Waals surface area contributed by atoms with Crippen LogP contribution in [0.15, 0.2) is 41.1 Å². The Morgan fingerprint density at radius 2 is 2.17 bits per heavy atom. The lowest BCUT2D eigenvalue weighted by Gasteiger charge is -2.32. The molecule has 1 saturated heterocycles. The molecule has 0 spiro atoms. The van der Waals surface area contributed by atoms with Crippen LogP contribution in [-0.4, -0.2) is 34.3 Å². The Bertz CT molecular complexity index is 696. The minimum atomic E-state index is -0.504. The maximum atomic E-state index is 12.6. The number of likely N-dealkylation sites (tertiary alicyclic amines) is 1. The standard InChI is InChI=1S/C17H19N3O3/c1-12-15(18-11-23-12)16(21)19-14-8-5-9-20(17(14)22)10-13-6-3-2-4-7-13/h2-4,6-7,11,14H,5,8-10H2,1H3,(H,19,21).